The third-order valence-electron chi connectivity index (χ3n) is 7.40. The van der Waals surface area contributed by atoms with Crippen LogP contribution in [0.4, 0.5) is 0 Å². The van der Waals surface area contributed by atoms with Crippen molar-refractivity contribution < 1.29 is 0 Å². The molecule has 0 N–H and O–H groups in total. The summed E-state index contributed by atoms with van der Waals surface area (Å²) in [6.07, 6.45) is 11.3. The zero-order chi connectivity index (χ0) is 19.5. The largest absolute Gasteiger partial charge is 0.0697 e. The van der Waals surface area contributed by atoms with Gasteiger partial charge in [0.1, 0.15) is 0 Å². The number of benzene rings is 2. The van der Waals surface area contributed by atoms with E-state index in [4.69, 9.17) is 0 Å². The van der Waals surface area contributed by atoms with Gasteiger partial charge in [0.2, 0.25) is 0 Å². The fraction of sp³-hybridized carbons (Fsp3) is 0.286. The van der Waals surface area contributed by atoms with Crippen LogP contribution in [0.2, 0.25) is 0 Å². The van der Waals surface area contributed by atoms with Crippen molar-refractivity contribution in [2.75, 3.05) is 0 Å². The molecule has 1 unspecified atom stereocenters. The van der Waals surface area contributed by atoms with E-state index in [1.165, 1.54) is 58.0 Å². The minimum atomic E-state index is 0.459. The molecule has 0 fully saturated rings. The Morgan fingerprint density at radius 2 is 1.55 bits per heavy atom. The molecule has 0 spiro atoms. The molecule has 0 radical (unpaired) electrons. The van der Waals surface area contributed by atoms with Crippen molar-refractivity contribution in [1.82, 2.24) is 0 Å². The summed E-state index contributed by atoms with van der Waals surface area (Å²) >= 11 is 3.92. The number of fused-ring (bicyclic) bond motifs is 5. The monoisotopic (exact) mass is 440 g/mol. The Kier molecular flexibility index (Phi) is 4.10. The second-order valence-electron chi connectivity index (χ2n) is 8.90. The normalized spacial score (nSPS) is 22.8. The number of allylic oxidation sites excluding steroid dienone is 8. The van der Waals surface area contributed by atoms with Crippen LogP contribution in [-0.2, 0) is 0 Å². The Balaban J connectivity index is 1.45. The van der Waals surface area contributed by atoms with Crippen molar-refractivity contribution in [1.29, 1.82) is 0 Å². The van der Waals surface area contributed by atoms with Gasteiger partial charge in [-0.1, -0.05) is 81.7 Å². The average Bonchev–Trinajstić information content (AvgIpc) is 3.24. The van der Waals surface area contributed by atoms with Crippen LogP contribution < -0.4 is 0 Å². The van der Waals surface area contributed by atoms with Crippen LogP contribution in [0.25, 0.3) is 11.1 Å². The van der Waals surface area contributed by atoms with Gasteiger partial charge in [0.15, 0.2) is 0 Å². The number of hydrogen-bond acceptors (Lipinski definition) is 0. The van der Waals surface area contributed by atoms with E-state index in [9.17, 15) is 0 Å². The molecular formula is C28H25Br. The highest BCUT2D eigenvalue weighted by Gasteiger charge is 2.35. The van der Waals surface area contributed by atoms with E-state index in [0.717, 1.165) is 6.42 Å². The second kappa shape index (κ2) is 6.71. The topological polar surface area (TPSA) is 0 Å². The van der Waals surface area contributed by atoms with Gasteiger partial charge in [-0.2, -0.15) is 0 Å². The molecule has 29 heavy (non-hydrogen) atoms. The molecule has 1 heteroatoms. The summed E-state index contributed by atoms with van der Waals surface area (Å²) in [6, 6.07) is 18.0. The predicted molar refractivity (Wildman–Crippen MR) is 125 cm³/mol. The van der Waals surface area contributed by atoms with E-state index in [2.05, 4.69) is 83.5 Å². The third kappa shape index (κ3) is 2.63. The van der Waals surface area contributed by atoms with Crippen LogP contribution in [0, 0.1) is 5.92 Å². The lowest BCUT2D eigenvalue weighted by atomic mass is 9.77. The molecule has 0 heterocycles. The quantitative estimate of drug-likeness (QED) is 0.440. The Morgan fingerprint density at radius 1 is 0.897 bits per heavy atom. The fourth-order valence-electron chi connectivity index (χ4n) is 6.05. The highest BCUT2D eigenvalue weighted by atomic mass is 79.9. The lowest BCUT2D eigenvalue weighted by molar-refractivity contribution is 0.635. The number of halogens is 1. The highest BCUT2D eigenvalue weighted by molar-refractivity contribution is 9.12. The van der Waals surface area contributed by atoms with E-state index in [-0.39, 0.29) is 0 Å². The van der Waals surface area contributed by atoms with Crippen molar-refractivity contribution in [3.63, 3.8) is 0 Å². The van der Waals surface area contributed by atoms with Crippen molar-refractivity contribution in [3.05, 3.63) is 104 Å². The van der Waals surface area contributed by atoms with Gasteiger partial charge in [-0.3, -0.25) is 0 Å². The first-order valence-electron chi connectivity index (χ1n) is 10.9. The van der Waals surface area contributed by atoms with Crippen LogP contribution >= 0.6 is 15.9 Å². The minimum Gasteiger partial charge on any atom is -0.0697 e. The minimum absolute atomic E-state index is 0.459. The summed E-state index contributed by atoms with van der Waals surface area (Å²) in [5, 5.41) is 0. The molecule has 0 aliphatic heterocycles. The summed E-state index contributed by atoms with van der Waals surface area (Å²) in [7, 11) is 0. The van der Waals surface area contributed by atoms with Crippen molar-refractivity contribution in [2.24, 2.45) is 5.92 Å². The maximum Gasteiger partial charge on any atom is 0.0243 e. The van der Waals surface area contributed by atoms with E-state index >= 15 is 0 Å². The molecule has 0 nitrogen and oxygen atoms in total. The molecule has 2 aromatic rings. The van der Waals surface area contributed by atoms with E-state index in [1.807, 2.05) is 0 Å². The lowest BCUT2D eigenvalue weighted by Crippen LogP contribution is -2.14. The Bertz CT molecular complexity index is 1110. The molecule has 0 amide bonds. The molecule has 0 saturated heterocycles. The number of hydrogen-bond donors (Lipinski definition) is 0. The van der Waals surface area contributed by atoms with Crippen molar-refractivity contribution in [2.45, 2.75) is 44.9 Å². The van der Waals surface area contributed by atoms with E-state index in [1.54, 1.807) is 22.3 Å². The first-order valence-corrected chi connectivity index (χ1v) is 11.7. The molecule has 1 atom stereocenters. The number of rotatable bonds is 2. The van der Waals surface area contributed by atoms with Gasteiger partial charge in [0.25, 0.3) is 0 Å². The van der Waals surface area contributed by atoms with Gasteiger partial charge >= 0.3 is 0 Å². The van der Waals surface area contributed by atoms with Crippen molar-refractivity contribution in [3.8, 4) is 11.1 Å². The Hall–Kier alpha value is -2.12. The standard InChI is InChI=1S/C28H25Br/c1-17-14-25-22-12-6-7-13-23(22)28(29)16-27(25)24(17)15-26-20-10-4-2-8-18(20)19-9-3-5-11-21(19)26/h2-5,8-11,14,16,25-26H,6-7,12-13,15H2,1H3. The van der Waals surface area contributed by atoms with Crippen LogP contribution in [0.5, 0.6) is 0 Å². The van der Waals surface area contributed by atoms with Crippen molar-refractivity contribution >= 4 is 15.9 Å². The maximum atomic E-state index is 3.92. The molecule has 144 valence electrons. The maximum absolute atomic E-state index is 3.92. The Labute approximate surface area is 181 Å². The zero-order valence-electron chi connectivity index (χ0n) is 16.8. The molecule has 6 rings (SSSR count). The van der Waals surface area contributed by atoms with Crippen LogP contribution in [0.3, 0.4) is 0 Å². The van der Waals surface area contributed by atoms with Crippen LogP contribution in [0.15, 0.2) is 93.0 Å². The smallest absolute Gasteiger partial charge is 0.0243 e. The third-order valence-corrected chi connectivity index (χ3v) is 8.11. The summed E-state index contributed by atoms with van der Waals surface area (Å²) < 4.78 is 1.34. The first-order chi connectivity index (χ1) is 14.2. The predicted octanol–water partition coefficient (Wildman–Crippen LogP) is 8.22. The van der Waals surface area contributed by atoms with Gasteiger partial charge in [0.05, 0.1) is 0 Å². The van der Waals surface area contributed by atoms with E-state index in [0.29, 0.717) is 11.8 Å². The summed E-state index contributed by atoms with van der Waals surface area (Å²) in [6.45, 7) is 2.33. The molecule has 4 aliphatic rings. The second-order valence-corrected chi connectivity index (χ2v) is 9.75. The lowest BCUT2D eigenvalue weighted by Gasteiger charge is -2.30. The van der Waals surface area contributed by atoms with Gasteiger partial charge < -0.3 is 0 Å². The molecule has 2 aromatic carbocycles. The first kappa shape index (κ1) is 17.7. The highest BCUT2D eigenvalue weighted by Crippen LogP contribution is 2.53. The summed E-state index contributed by atoms with van der Waals surface area (Å²) in [4.78, 5) is 0. The summed E-state index contributed by atoms with van der Waals surface area (Å²) in [5.41, 5.74) is 13.7. The summed E-state index contributed by atoms with van der Waals surface area (Å²) in [5.74, 6) is 0.981. The van der Waals surface area contributed by atoms with Crippen LogP contribution in [0.1, 0.15) is 56.1 Å². The van der Waals surface area contributed by atoms with Gasteiger partial charge in [-0.25, -0.2) is 0 Å². The van der Waals surface area contributed by atoms with Gasteiger partial charge in [0, 0.05) is 16.3 Å². The molecular weight excluding hydrogens is 416 g/mol. The van der Waals surface area contributed by atoms with E-state index < -0.39 is 0 Å². The average molecular weight is 441 g/mol. The SMILES string of the molecule is CC1=CC2C(=C1CC1c3ccccc3-c3ccccc31)C=C(Br)C1=C2CCCC1. The Morgan fingerprint density at radius 3 is 2.28 bits per heavy atom. The fourth-order valence-corrected chi connectivity index (χ4v) is 6.75. The van der Waals surface area contributed by atoms with Crippen LogP contribution in [-0.4, -0.2) is 0 Å². The van der Waals surface area contributed by atoms with Gasteiger partial charge in [-0.05, 0) is 84.1 Å². The zero-order valence-corrected chi connectivity index (χ0v) is 18.4. The molecule has 0 bridgehead atoms. The van der Waals surface area contributed by atoms with Gasteiger partial charge in [-0.15, -0.1) is 0 Å². The molecule has 4 aliphatic carbocycles. The molecule has 0 saturated carbocycles. The molecule has 0 aromatic heterocycles.